The van der Waals surface area contributed by atoms with Gasteiger partial charge < -0.3 is 9.59 Å². The Morgan fingerprint density at radius 1 is 0.882 bits per heavy atom. The van der Waals surface area contributed by atoms with E-state index in [2.05, 4.69) is 27.8 Å². The van der Waals surface area contributed by atoms with E-state index in [9.17, 15) is 0 Å². The Morgan fingerprint density at radius 2 is 1.12 bits per heavy atom. The molecule has 17 heavy (non-hydrogen) atoms. The maximum atomic E-state index is 6.88. The predicted molar refractivity (Wildman–Crippen MR) is 73.1 cm³/mol. The molecule has 0 aliphatic rings. The van der Waals surface area contributed by atoms with Crippen molar-refractivity contribution in [1.29, 1.82) is 5.26 Å². The molecule has 0 atom stereocenters. The van der Waals surface area contributed by atoms with E-state index in [1.165, 1.54) is 62.6 Å². The molecule has 0 amide bonds. The van der Waals surface area contributed by atoms with Crippen LogP contribution in [0.25, 0.3) is 0 Å². The zero-order valence-corrected chi connectivity index (χ0v) is 12.2. The lowest BCUT2D eigenvalue weighted by Crippen LogP contribution is -2.46. The number of quaternary nitrogens is 1. The molecule has 0 aromatic heterocycles. The summed E-state index contributed by atoms with van der Waals surface area (Å²) < 4.78 is 1.32. The zero-order valence-electron chi connectivity index (χ0n) is 12.2. The highest BCUT2D eigenvalue weighted by Gasteiger charge is 2.18. The number of aliphatic hydroxyl groups excluding tert-OH is 1. The number of aliphatic hydroxyl groups is 1. The fourth-order valence-corrected chi connectivity index (χ4v) is 1.95. The van der Waals surface area contributed by atoms with E-state index in [0.717, 1.165) is 6.26 Å². The number of unbranched alkanes of at least 4 members (excludes halogenated alkanes) is 3. The third-order valence-electron chi connectivity index (χ3n) is 3.15. The second-order valence-electron chi connectivity index (χ2n) is 4.95. The Labute approximate surface area is 108 Å². The fraction of sp³-hybridized carbons (Fsp3) is 0.929. The fourth-order valence-electron chi connectivity index (χ4n) is 1.95. The minimum Gasteiger partial charge on any atom is -0.443 e. The molecule has 0 aromatic rings. The Balaban J connectivity index is 0. The lowest BCUT2D eigenvalue weighted by Gasteiger charge is -2.34. The molecular formula is C14H31N2O+. The first-order valence-electron chi connectivity index (χ1n) is 6.96. The Kier molecular flexibility index (Phi) is 14.6. The van der Waals surface area contributed by atoms with Crippen LogP contribution in [-0.2, 0) is 0 Å². The van der Waals surface area contributed by atoms with Gasteiger partial charge in [0, 0.05) is 0 Å². The topological polar surface area (TPSA) is 44.0 Å². The molecule has 3 nitrogen and oxygen atoms in total. The molecule has 0 aromatic carbocycles. The number of nitriles is 1. The summed E-state index contributed by atoms with van der Waals surface area (Å²) in [6.45, 7) is 11.0. The molecule has 0 saturated heterocycles. The molecule has 102 valence electrons. The lowest BCUT2D eigenvalue weighted by molar-refractivity contribution is -0.910. The molecule has 0 aliphatic carbocycles. The summed E-state index contributed by atoms with van der Waals surface area (Å²) in [4.78, 5) is 0. The van der Waals surface area contributed by atoms with Gasteiger partial charge in [-0.25, -0.2) is 0 Å². The van der Waals surface area contributed by atoms with Crippen molar-refractivity contribution < 1.29 is 9.59 Å². The van der Waals surface area contributed by atoms with Crippen molar-refractivity contribution in [3.63, 3.8) is 0 Å². The molecule has 0 heterocycles. The van der Waals surface area contributed by atoms with Crippen LogP contribution in [0, 0.1) is 11.5 Å². The minimum atomic E-state index is 0.750. The Morgan fingerprint density at radius 3 is 1.29 bits per heavy atom. The Hall–Kier alpha value is -0.750. The van der Waals surface area contributed by atoms with Crippen LogP contribution in [0.5, 0.6) is 0 Å². The normalized spacial score (nSPS) is 10.3. The Bertz CT molecular complexity index is 165. The summed E-state index contributed by atoms with van der Waals surface area (Å²) in [5, 5.41) is 13.8. The molecule has 0 aliphatic heterocycles. The zero-order chi connectivity index (χ0) is 13.6. The smallest absolute Gasteiger partial charge is 0.283 e. The van der Waals surface area contributed by atoms with E-state index >= 15 is 0 Å². The molecule has 0 bridgehead atoms. The number of nitrogens with zero attached hydrogens (tertiary/aromatic N) is 2. The van der Waals surface area contributed by atoms with Crippen LogP contribution in [0.15, 0.2) is 0 Å². The largest absolute Gasteiger partial charge is 0.443 e. The highest BCUT2D eigenvalue weighted by Crippen LogP contribution is 2.10. The van der Waals surface area contributed by atoms with Gasteiger partial charge in [-0.05, 0) is 19.3 Å². The molecule has 3 heteroatoms. The second kappa shape index (κ2) is 13.3. The van der Waals surface area contributed by atoms with Crippen LogP contribution < -0.4 is 0 Å². The van der Waals surface area contributed by atoms with Gasteiger partial charge in [0.1, 0.15) is 0 Å². The summed E-state index contributed by atoms with van der Waals surface area (Å²) in [6, 6.07) is 0. The minimum absolute atomic E-state index is 0.750. The van der Waals surface area contributed by atoms with Crippen LogP contribution in [-0.4, -0.2) is 36.3 Å². The predicted octanol–water partition coefficient (Wildman–Crippen LogP) is 3.67. The van der Waals surface area contributed by atoms with Crippen LogP contribution in [0.3, 0.4) is 0 Å². The van der Waals surface area contributed by atoms with Gasteiger partial charge in [-0.2, -0.15) is 5.26 Å². The molecule has 0 unspecified atom stereocenters. The summed E-state index contributed by atoms with van der Waals surface area (Å²) in [6.07, 6.45) is 8.95. The van der Waals surface area contributed by atoms with Crippen LogP contribution in [0.1, 0.15) is 59.3 Å². The van der Waals surface area contributed by atoms with Crippen LogP contribution in [0.4, 0.5) is 0 Å². The van der Waals surface area contributed by atoms with Gasteiger partial charge in [-0.3, -0.25) is 0 Å². The maximum absolute atomic E-state index is 6.88. The summed E-state index contributed by atoms with van der Waals surface area (Å²) >= 11 is 0. The molecule has 1 N–H and O–H groups in total. The molecular weight excluding hydrogens is 212 g/mol. The van der Waals surface area contributed by atoms with E-state index in [1.807, 2.05) is 0 Å². The van der Waals surface area contributed by atoms with Gasteiger partial charge in [0.15, 0.2) is 0 Å². The van der Waals surface area contributed by atoms with Crippen molar-refractivity contribution in [2.75, 3.05) is 26.7 Å². The quantitative estimate of drug-likeness (QED) is 0.496. The van der Waals surface area contributed by atoms with Crippen molar-refractivity contribution >= 4 is 0 Å². The van der Waals surface area contributed by atoms with Crippen molar-refractivity contribution in [3.8, 4) is 6.26 Å². The molecule has 0 fully saturated rings. The summed E-state index contributed by atoms with van der Waals surface area (Å²) in [5.41, 5.74) is 0. The van der Waals surface area contributed by atoms with Crippen molar-refractivity contribution in [3.05, 3.63) is 0 Å². The first kappa shape index (κ1) is 18.6. The monoisotopic (exact) mass is 243 g/mol. The highest BCUT2D eigenvalue weighted by molar-refractivity contribution is 4.43. The van der Waals surface area contributed by atoms with Gasteiger partial charge in [0.05, 0.1) is 26.7 Å². The average molecular weight is 243 g/mol. The molecule has 0 spiro atoms. The first-order chi connectivity index (χ1) is 8.10. The molecule has 0 saturated carbocycles. The SMILES string of the molecule is CCCC[N+](C)(CCCC)CCCC.N#CO. The summed E-state index contributed by atoms with van der Waals surface area (Å²) in [7, 11) is 2.45. The number of rotatable bonds is 9. The van der Waals surface area contributed by atoms with Gasteiger partial charge in [0.25, 0.3) is 6.26 Å². The molecule has 0 radical (unpaired) electrons. The van der Waals surface area contributed by atoms with Gasteiger partial charge >= 0.3 is 0 Å². The standard InChI is InChI=1S/C13H30N.CHNO/c1-5-8-11-14(4,12-9-6-2)13-10-7-3;2-1-3/h5-13H2,1-4H3;3H/q+1;. The first-order valence-corrected chi connectivity index (χ1v) is 6.96. The third-order valence-corrected chi connectivity index (χ3v) is 3.15. The van der Waals surface area contributed by atoms with Crippen molar-refractivity contribution in [2.45, 2.75) is 59.3 Å². The lowest BCUT2D eigenvalue weighted by atomic mass is 10.2. The van der Waals surface area contributed by atoms with E-state index in [0.29, 0.717) is 0 Å². The van der Waals surface area contributed by atoms with E-state index in [1.54, 1.807) is 0 Å². The van der Waals surface area contributed by atoms with Gasteiger partial charge in [-0.1, -0.05) is 40.0 Å². The highest BCUT2D eigenvalue weighted by atomic mass is 16.2. The van der Waals surface area contributed by atoms with Crippen molar-refractivity contribution in [2.24, 2.45) is 0 Å². The van der Waals surface area contributed by atoms with Crippen molar-refractivity contribution in [1.82, 2.24) is 0 Å². The maximum Gasteiger partial charge on any atom is 0.283 e. The molecule has 0 rings (SSSR count). The van der Waals surface area contributed by atoms with Crippen LogP contribution >= 0.6 is 0 Å². The average Bonchev–Trinajstić information content (AvgIpc) is 2.33. The second-order valence-corrected chi connectivity index (χ2v) is 4.95. The number of hydrogen-bond donors (Lipinski definition) is 1. The van der Waals surface area contributed by atoms with Gasteiger partial charge in [-0.15, -0.1) is 0 Å². The van der Waals surface area contributed by atoms with Gasteiger partial charge in [0.2, 0.25) is 0 Å². The van der Waals surface area contributed by atoms with E-state index in [-0.39, 0.29) is 0 Å². The third kappa shape index (κ3) is 13.2. The van der Waals surface area contributed by atoms with Crippen LogP contribution in [0.2, 0.25) is 0 Å². The van der Waals surface area contributed by atoms with E-state index in [4.69, 9.17) is 10.4 Å². The summed E-state index contributed by atoms with van der Waals surface area (Å²) in [5.74, 6) is 0. The number of hydrogen-bond acceptors (Lipinski definition) is 2. The van der Waals surface area contributed by atoms with E-state index < -0.39 is 0 Å².